The lowest BCUT2D eigenvalue weighted by molar-refractivity contribution is 0.0420. The van der Waals surface area contributed by atoms with Crippen molar-refractivity contribution in [3.05, 3.63) is 60.1 Å². The average molecular weight is 202 g/mol. The fourth-order valence-corrected chi connectivity index (χ4v) is 1.42. The summed E-state index contributed by atoms with van der Waals surface area (Å²) < 4.78 is 10.9. The van der Waals surface area contributed by atoms with Gasteiger partial charge in [-0.3, -0.25) is 0 Å². The van der Waals surface area contributed by atoms with E-state index in [-0.39, 0.29) is 6.10 Å². The van der Waals surface area contributed by atoms with Crippen molar-refractivity contribution >= 4 is 0 Å². The highest BCUT2D eigenvalue weighted by molar-refractivity contribution is 5.16. The molecule has 0 aliphatic heterocycles. The van der Waals surface area contributed by atoms with Crippen LogP contribution in [-0.4, -0.2) is 0 Å². The minimum atomic E-state index is 0.0938. The Morgan fingerprint density at radius 2 is 1.93 bits per heavy atom. The third-order valence-corrected chi connectivity index (χ3v) is 2.32. The molecule has 78 valence electrons. The number of benzene rings is 1. The first-order valence-electron chi connectivity index (χ1n) is 5.05. The zero-order chi connectivity index (χ0) is 10.5. The van der Waals surface area contributed by atoms with E-state index in [9.17, 15) is 0 Å². The summed E-state index contributed by atoms with van der Waals surface area (Å²) in [6.45, 7) is 2.56. The quantitative estimate of drug-likeness (QED) is 0.756. The van der Waals surface area contributed by atoms with Crippen molar-refractivity contribution in [2.45, 2.75) is 19.6 Å². The minimum absolute atomic E-state index is 0.0938. The van der Waals surface area contributed by atoms with Crippen LogP contribution in [0.5, 0.6) is 0 Å². The van der Waals surface area contributed by atoms with E-state index in [4.69, 9.17) is 9.15 Å². The normalized spacial score (nSPS) is 12.6. The molecule has 15 heavy (non-hydrogen) atoms. The van der Waals surface area contributed by atoms with E-state index < -0.39 is 0 Å². The molecular weight excluding hydrogens is 188 g/mol. The van der Waals surface area contributed by atoms with Crippen LogP contribution in [-0.2, 0) is 11.3 Å². The van der Waals surface area contributed by atoms with E-state index >= 15 is 0 Å². The molecule has 0 aliphatic rings. The highest BCUT2D eigenvalue weighted by atomic mass is 16.5. The molecule has 0 radical (unpaired) electrons. The largest absolute Gasteiger partial charge is 0.467 e. The SMILES string of the molecule is CC(OCc1ccco1)c1ccccc1. The molecule has 0 fully saturated rings. The molecule has 0 saturated carbocycles. The first-order chi connectivity index (χ1) is 7.36. The Bertz CT molecular complexity index is 378. The van der Waals surface area contributed by atoms with Gasteiger partial charge in [-0.1, -0.05) is 30.3 Å². The fourth-order valence-electron chi connectivity index (χ4n) is 1.42. The molecule has 0 N–H and O–H groups in total. The molecule has 0 bridgehead atoms. The van der Waals surface area contributed by atoms with Gasteiger partial charge in [0.2, 0.25) is 0 Å². The Morgan fingerprint density at radius 3 is 2.60 bits per heavy atom. The Kier molecular flexibility index (Phi) is 3.20. The number of furan rings is 1. The maximum Gasteiger partial charge on any atom is 0.129 e. The lowest BCUT2D eigenvalue weighted by Gasteiger charge is -2.11. The van der Waals surface area contributed by atoms with Crippen LogP contribution in [0.25, 0.3) is 0 Å². The maximum absolute atomic E-state index is 5.68. The van der Waals surface area contributed by atoms with E-state index in [1.165, 1.54) is 5.56 Å². The van der Waals surface area contributed by atoms with Crippen molar-refractivity contribution in [2.24, 2.45) is 0 Å². The van der Waals surface area contributed by atoms with E-state index in [1.807, 2.05) is 37.3 Å². The van der Waals surface area contributed by atoms with Crippen LogP contribution in [0.4, 0.5) is 0 Å². The lowest BCUT2D eigenvalue weighted by atomic mass is 10.1. The van der Waals surface area contributed by atoms with Gasteiger partial charge in [-0.05, 0) is 24.6 Å². The zero-order valence-corrected chi connectivity index (χ0v) is 8.72. The van der Waals surface area contributed by atoms with E-state index in [0.717, 1.165) is 5.76 Å². The lowest BCUT2D eigenvalue weighted by Crippen LogP contribution is -1.99. The topological polar surface area (TPSA) is 22.4 Å². The number of ether oxygens (including phenoxy) is 1. The summed E-state index contributed by atoms with van der Waals surface area (Å²) in [4.78, 5) is 0. The van der Waals surface area contributed by atoms with Crippen molar-refractivity contribution in [1.82, 2.24) is 0 Å². The van der Waals surface area contributed by atoms with E-state index in [2.05, 4.69) is 12.1 Å². The first-order valence-corrected chi connectivity index (χ1v) is 5.05. The highest BCUT2D eigenvalue weighted by Crippen LogP contribution is 2.17. The van der Waals surface area contributed by atoms with Gasteiger partial charge >= 0.3 is 0 Å². The van der Waals surface area contributed by atoms with Gasteiger partial charge in [0.15, 0.2) is 0 Å². The van der Waals surface area contributed by atoms with Crippen molar-refractivity contribution in [3.63, 3.8) is 0 Å². The highest BCUT2D eigenvalue weighted by Gasteiger charge is 2.05. The molecular formula is C13H14O2. The monoisotopic (exact) mass is 202 g/mol. The molecule has 2 nitrogen and oxygen atoms in total. The Hall–Kier alpha value is -1.54. The molecule has 2 aromatic rings. The summed E-state index contributed by atoms with van der Waals surface area (Å²) in [6.07, 6.45) is 1.75. The summed E-state index contributed by atoms with van der Waals surface area (Å²) in [5.74, 6) is 0.859. The number of hydrogen-bond donors (Lipinski definition) is 0. The van der Waals surface area contributed by atoms with Crippen LogP contribution in [0.15, 0.2) is 53.1 Å². The first kappa shape index (κ1) is 9.99. The van der Waals surface area contributed by atoms with Crippen LogP contribution in [0, 0.1) is 0 Å². The average Bonchev–Trinajstić information content (AvgIpc) is 2.80. The van der Waals surface area contributed by atoms with Crippen molar-refractivity contribution in [1.29, 1.82) is 0 Å². The van der Waals surface area contributed by atoms with Gasteiger partial charge in [0.25, 0.3) is 0 Å². The molecule has 1 unspecified atom stereocenters. The molecule has 0 saturated heterocycles. The third kappa shape index (κ3) is 2.70. The van der Waals surface area contributed by atoms with Crippen LogP contribution < -0.4 is 0 Å². The second-order valence-corrected chi connectivity index (χ2v) is 3.44. The summed E-state index contributed by atoms with van der Waals surface area (Å²) in [7, 11) is 0. The smallest absolute Gasteiger partial charge is 0.129 e. The maximum atomic E-state index is 5.68. The summed E-state index contributed by atoms with van der Waals surface area (Å²) in [5.41, 5.74) is 1.18. The van der Waals surface area contributed by atoms with Crippen molar-refractivity contribution in [3.8, 4) is 0 Å². The molecule has 1 atom stereocenters. The molecule has 1 heterocycles. The second-order valence-electron chi connectivity index (χ2n) is 3.44. The van der Waals surface area contributed by atoms with E-state index in [1.54, 1.807) is 6.26 Å². The second kappa shape index (κ2) is 4.80. The summed E-state index contributed by atoms with van der Waals surface area (Å²) in [6, 6.07) is 13.9. The van der Waals surface area contributed by atoms with Gasteiger partial charge < -0.3 is 9.15 Å². The van der Waals surface area contributed by atoms with Gasteiger partial charge in [0.05, 0.1) is 12.4 Å². The van der Waals surface area contributed by atoms with Gasteiger partial charge in [0, 0.05) is 0 Å². The van der Waals surface area contributed by atoms with Gasteiger partial charge in [-0.15, -0.1) is 0 Å². The zero-order valence-electron chi connectivity index (χ0n) is 8.72. The minimum Gasteiger partial charge on any atom is -0.467 e. The van der Waals surface area contributed by atoms with Gasteiger partial charge in [-0.2, -0.15) is 0 Å². The van der Waals surface area contributed by atoms with Crippen LogP contribution >= 0.6 is 0 Å². The summed E-state index contributed by atoms with van der Waals surface area (Å²) in [5, 5.41) is 0. The molecule has 1 aromatic heterocycles. The number of rotatable bonds is 4. The Morgan fingerprint density at radius 1 is 1.13 bits per heavy atom. The van der Waals surface area contributed by atoms with Crippen molar-refractivity contribution < 1.29 is 9.15 Å². The van der Waals surface area contributed by atoms with E-state index in [0.29, 0.717) is 6.61 Å². The Labute approximate surface area is 89.5 Å². The predicted octanol–water partition coefficient (Wildman–Crippen LogP) is 3.56. The molecule has 2 heteroatoms. The molecule has 2 rings (SSSR count). The standard InChI is InChI=1S/C13H14O2/c1-11(12-6-3-2-4-7-12)15-10-13-8-5-9-14-13/h2-9,11H,10H2,1H3. The van der Waals surface area contributed by atoms with Gasteiger partial charge in [-0.25, -0.2) is 0 Å². The molecule has 0 aliphatic carbocycles. The molecule has 0 amide bonds. The molecule has 1 aromatic carbocycles. The summed E-state index contributed by atoms with van der Waals surface area (Å²) >= 11 is 0. The molecule has 0 spiro atoms. The van der Waals surface area contributed by atoms with Crippen LogP contribution in [0.2, 0.25) is 0 Å². The van der Waals surface area contributed by atoms with Crippen LogP contribution in [0.1, 0.15) is 24.4 Å². The predicted molar refractivity (Wildman–Crippen MR) is 58.4 cm³/mol. The van der Waals surface area contributed by atoms with Crippen molar-refractivity contribution in [2.75, 3.05) is 0 Å². The van der Waals surface area contributed by atoms with Gasteiger partial charge in [0.1, 0.15) is 12.4 Å². The Balaban J connectivity index is 1.90. The third-order valence-electron chi connectivity index (χ3n) is 2.32. The van der Waals surface area contributed by atoms with Crippen LogP contribution in [0.3, 0.4) is 0 Å². The fraction of sp³-hybridized carbons (Fsp3) is 0.231. The number of hydrogen-bond acceptors (Lipinski definition) is 2.